The van der Waals surface area contributed by atoms with E-state index in [2.05, 4.69) is 5.32 Å². The van der Waals surface area contributed by atoms with Crippen molar-refractivity contribution in [1.29, 1.82) is 0 Å². The van der Waals surface area contributed by atoms with Gasteiger partial charge in [0.05, 0.1) is 4.90 Å². The molecule has 1 aromatic rings. The fraction of sp³-hybridized carbons (Fsp3) is 0.533. The minimum absolute atomic E-state index is 0.164. The smallest absolute Gasteiger partial charge is 0.243 e. The van der Waals surface area contributed by atoms with E-state index < -0.39 is 16.1 Å². The largest absolute Gasteiger partial charge is 0.355 e. The number of carbonyl (C=O) groups excluding carboxylic acids is 1. The molecule has 1 fully saturated rings. The van der Waals surface area contributed by atoms with Gasteiger partial charge in [0.25, 0.3) is 0 Å². The number of hydrogen-bond acceptors (Lipinski definition) is 4. The van der Waals surface area contributed by atoms with Gasteiger partial charge in [-0.15, -0.1) is 0 Å². The number of aryl methyl sites for hydroxylation is 2. The maximum absolute atomic E-state index is 12.9. The Kier molecular flexibility index (Phi) is 4.89. The number of amides is 1. The van der Waals surface area contributed by atoms with Gasteiger partial charge >= 0.3 is 0 Å². The summed E-state index contributed by atoms with van der Waals surface area (Å²) in [6.45, 7) is 6.13. The fourth-order valence-electron chi connectivity index (χ4n) is 2.85. The number of carbonyl (C=O) groups is 1. The Labute approximate surface area is 131 Å². The van der Waals surface area contributed by atoms with E-state index in [0.717, 1.165) is 11.1 Å². The first-order valence-electron chi connectivity index (χ1n) is 7.39. The lowest BCUT2D eigenvalue weighted by atomic mass is 10.2. The zero-order valence-electron chi connectivity index (χ0n) is 13.2. The van der Waals surface area contributed by atoms with E-state index in [0.29, 0.717) is 13.0 Å². The standard InChI is InChI=1S/C15H23N3O3S/c1-4-17-15(19)14-8-12(16)9-18(14)22(20,21)13-6-10(2)5-11(3)7-13/h5-7,12,14H,4,8-9,16H2,1-3H3,(H,17,19)/t12-,14-/m0/s1. The Morgan fingerprint density at radius 2 is 1.91 bits per heavy atom. The molecule has 2 atom stereocenters. The van der Waals surface area contributed by atoms with Gasteiger partial charge in [0.2, 0.25) is 15.9 Å². The lowest BCUT2D eigenvalue weighted by Crippen LogP contribution is -2.45. The molecule has 22 heavy (non-hydrogen) atoms. The van der Waals surface area contributed by atoms with Crippen LogP contribution in [0, 0.1) is 13.8 Å². The SMILES string of the molecule is CCNC(=O)[C@@H]1C[C@H](N)CN1S(=O)(=O)c1cc(C)cc(C)c1. The molecule has 1 amide bonds. The third-order valence-electron chi connectivity index (χ3n) is 3.74. The van der Waals surface area contributed by atoms with E-state index in [4.69, 9.17) is 5.73 Å². The normalized spacial score (nSPS) is 22.7. The second-order valence-corrected chi connectivity index (χ2v) is 7.69. The Balaban J connectivity index is 2.40. The highest BCUT2D eigenvalue weighted by molar-refractivity contribution is 7.89. The second kappa shape index (κ2) is 6.36. The molecule has 1 aromatic carbocycles. The first kappa shape index (κ1) is 16.9. The zero-order chi connectivity index (χ0) is 16.5. The number of benzene rings is 1. The number of nitrogens with one attached hydrogen (secondary N) is 1. The van der Waals surface area contributed by atoms with Crippen LogP contribution in [0.5, 0.6) is 0 Å². The highest BCUT2D eigenvalue weighted by Gasteiger charge is 2.42. The third kappa shape index (κ3) is 3.31. The molecular formula is C15H23N3O3S. The molecule has 6 nitrogen and oxygen atoms in total. The first-order valence-corrected chi connectivity index (χ1v) is 8.83. The molecule has 7 heteroatoms. The third-order valence-corrected chi connectivity index (χ3v) is 5.60. The molecule has 3 N–H and O–H groups in total. The molecular weight excluding hydrogens is 302 g/mol. The average Bonchev–Trinajstić information content (AvgIpc) is 2.81. The lowest BCUT2D eigenvalue weighted by molar-refractivity contribution is -0.124. The van der Waals surface area contributed by atoms with Crippen molar-refractivity contribution >= 4 is 15.9 Å². The zero-order valence-corrected chi connectivity index (χ0v) is 14.0. The van der Waals surface area contributed by atoms with Gasteiger partial charge in [-0.1, -0.05) is 6.07 Å². The van der Waals surface area contributed by atoms with Crippen molar-refractivity contribution in [2.24, 2.45) is 5.73 Å². The molecule has 0 aromatic heterocycles. The molecule has 0 bridgehead atoms. The van der Waals surface area contributed by atoms with Crippen LogP contribution in [0.25, 0.3) is 0 Å². The van der Waals surface area contributed by atoms with Crippen molar-refractivity contribution < 1.29 is 13.2 Å². The van der Waals surface area contributed by atoms with Gasteiger partial charge in [0, 0.05) is 19.1 Å². The highest BCUT2D eigenvalue weighted by atomic mass is 32.2. The van der Waals surface area contributed by atoms with Crippen molar-refractivity contribution in [2.75, 3.05) is 13.1 Å². The summed E-state index contributed by atoms with van der Waals surface area (Å²) in [5.74, 6) is -0.289. The van der Waals surface area contributed by atoms with Gasteiger partial charge in [0.1, 0.15) is 6.04 Å². The molecule has 122 valence electrons. The topological polar surface area (TPSA) is 92.5 Å². The number of nitrogens with two attached hydrogens (primary N) is 1. The Hall–Kier alpha value is -1.44. The van der Waals surface area contributed by atoms with E-state index in [-0.39, 0.29) is 23.4 Å². The summed E-state index contributed by atoms with van der Waals surface area (Å²) in [6.07, 6.45) is 0.343. The summed E-state index contributed by atoms with van der Waals surface area (Å²) >= 11 is 0. The van der Waals surface area contributed by atoms with Crippen molar-refractivity contribution in [3.63, 3.8) is 0 Å². The maximum atomic E-state index is 12.9. The van der Waals surface area contributed by atoms with Gasteiger partial charge in [-0.25, -0.2) is 8.42 Å². The fourth-order valence-corrected chi connectivity index (χ4v) is 4.69. The second-order valence-electron chi connectivity index (χ2n) is 5.80. The summed E-state index contributed by atoms with van der Waals surface area (Å²) in [6, 6.07) is 4.10. The lowest BCUT2D eigenvalue weighted by Gasteiger charge is -2.23. The maximum Gasteiger partial charge on any atom is 0.243 e. The van der Waals surface area contributed by atoms with Crippen LogP contribution in [0.15, 0.2) is 23.1 Å². The van der Waals surface area contributed by atoms with Crippen LogP contribution in [-0.4, -0.2) is 43.8 Å². The van der Waals surface area contributed by atoms with Crippen molar-refractivity contribution in [3.05, 3.63) is 29.3 Å². The van der Waals surface area contributed by atoms with Gasteiger partial charge in [-0.2, -0.15) is 4.31 Å². The van der Waals surface area contributed by atoms with Crippen LogP contribution in [0.4, 0.5) is 0 Å². The molecule has 0 unspecified atom stereocenters. The van der Waals surface area contributed by atoms with E-state index in [1.165, 1.54) is 4.31 Å². The summed E-state index contributed by atoms with van der Waals surface area (Å²) in [4.78, 5) is 12.4. The number of sulfonamides is 1. The highest BCUT2D eigenvalue weighted by Crippen LogP contribution is 2.27. The molecule has 0 radical (unpaired) electrons. The van der Waals surface area contributed by atoms with Gasteiger partial charge in [-0.3, -0.25) is 4.79 Å². The first-order chi connectivity index (χ1) is 10.3. The van der Waals surface area contributed by atoms with E-state index >= 15 is 0 Å². The monoisotopic (exact) mass is 325 g/mol. The summed E-state index contributed by atoms with van der Waals surface area (Å²) < 4.78 is 27.0. The predicted octanol–water partition coefficient (Wildman–Crippen LogP) is 0.530. The number of likely N-dealkylation sites (N-methyl/N-ethyl adjacent to an activating group) is 1. The van der Waals surface area contributed by atoms with Crippen LogP contribution < -0.4 is 11.1 Å². The van der Waals surface area contributed by atoms with E-state index in [1.807, 2.05) is 19.9 Å². The van der Waals surface area contributed by atoms with Gasteiger partial charge in [0.15, 0.2) is 0 Å². The van der Waals surface area contributed by atoms with Crippen LogP contribution >= 0.6 is 0 Å². The summed E-state index contributed by atoms with van der Waals surface area (Å²) in [7, 11) is -3.74. The number of nitrogens with zero attached hydrogens (tertiary/aromatic N) is 1. The number of rotatable bonds is 4. The minimum Gasteiger partial charge on any atom is -0.355 e. The molecule has 0 aliphatic carbocycles. The van der Waals surface area contributed by atoms with Crippen LogP contribution in [0.1, 0.15) is 24.5 Å². The summed E-state index contributed by atoms with van der Waals surface area (Å²) in [5.41, 5.74) is 7.64. The van der Waals surface area contributed by atoms with E-state index in [9.17, 15) is 13.2 Å². The average molecular weight is 325 g/mol. The Morgan fingerprint density at radius 3 is 2.45 bits per heavy atom. The van der Waals surface area contributed by atoms with Crippen molar-refractivity contribution in [1.82, 2.24) is 9.62 Å². The van der Waals surface area contributed by atoms with Crippen LogP contribution in [0.3, 0.4) is 0 Å². The van der Waals surface area contributed by atoms with Crippen molar-refractivity contribution in [2.45, 2.75) is 44.2 Å². The minimum atomic E-state index is -3.74. The Bertz CT molecular complexity index is 652. The Morgan fingerprint density at radius 1 is 1.32 bits per heavy atom. The van der Waals surface area contributed by atoms with Crippen LogP contribution in [-0.2, 0) is 14.8 Å². The van der Waals surface area contributed by atoms with Crippen molar-refractivity contribution in [3.8, 4) is 0 Å². The molecule has 2 rings (SSSR count). The van der Waals surface area contributed by atoms with Crippen LogP contribution in [0.2, 0.25) is 0 Å². The molecule has 1 heterocycles. The molecule has 0 spiro atoms. The van der Waals surface area contributed by atoms with Gasteiger partial charge < -0.3 is 11.1 Å². The molecule has 1 saturated heterocycles. The summed E-state index contributed by atoms with van der Waals surface area (Å²) in [5, 5.41) is 2.68. The van der Waals surface area contributed by atoms with Gasteiger partial charge in [-0.05, 0) is 50.5 Å². The predicted molar refractivity (Wildman–Crippen MR) is 84.9 cm³/mol. The number of hydrogen-bond donors (Lipinski definition) is 2. The molecule has 1 aliphatic rings. The molecule has 1 aliphatic heterocycles. The van der Waals surface area contributed by atoms with E-state index in [1.54, 1.807) is 19.1 Å². The quantitative estimate of drug-likeness (QED) is 0.844. The molecule has 0 saturated carbocycles.